The Kier molecular flexibility index (Phi) is 5.22. The number of aromatic nitrogens is 3. The van der Waals surface area contributed by atoms with Crippen LogP contribution in [0.5, 0.6) is 0 Å². The SMILES string of the molecule is CCCn1ncnc1CC(NN)c1c(F)cccc1Br. The quantitative estimate of drug-likeness (QED) is 0.625. The third kappa shape index (κ3) is 3.23. The minimum Gasteiger partial charge on any atom is -0.271 e. The highest BCUT2D eigenvalue weighted by Gasteiger charge is 2.20. The Labute approximate surface area is 125 Å². The summed E-state index contributed by atoms with van der Waals surface area (Å²) in [6.45, 7) is 2.85. The van der Waals surface area contributed by atoms with Gasteiger partial charge in [-0.2, -0.15) is 5.10 Å². The first-order valence-corrected chi connectivity index (χ1v) is 7.23. The zero-order chi connectivity index (χ0) is 14.5. The minimum atomic E-state index is -0.370. The molecule has 0 saturated carbocycles. The Morgan fingerprint density at radius 3 is 2.95 bits per heavy atom. The standard InChI is InChI=1S/C13H17BrFN5/c1-2-6-20-12(17-8-18-20)7-11(19-16)13-9(14)4-3-5-10(13)15/h3-5,8,11,19H,2,6-7,16H2,1H3. The van der Waals surface area contributed by atoms with Crippen LogP contribution in [0.1, 0.15) is 30.8 Å². The third-order valence-corrected chi connectivity index (χ3v) is 3.76. The van der Waals surface area contributed by atoms with Gasteiger partial charge in [0.15, 0.2) is 0 Å². The minimum absolute atomic E-state index is 0.302. The molecule has 1 heterocycles. The molecular weight excluding hydrogens is 325 g/mol. The molecule has 0 aliphatic heterocycles. The van der Waals surface area contributed by atoms with Crippen LogP contribution in [0.15, 0.2) is 29.0 Å². The van der Waals surface area contributed by atoms with Crippen LogP contribution in [0.3, 0.4) is 0 Å². The molecule has 0 aliphatic carbocycles. The van der Waals surface area contributed by atoms with Crippen LogP contribution in [0.2, 0.25) is 0 Å². The monoisotopic (exact) mass is 341 g/mol. The van der Waals surface area contributed by atoms with E-state index >= 15 is 0 Å². The lowest BCUT2D eigenvalue weighted by atomic mass is 10.0. The summed E-state index contributed by atoms with van der Waals surface area (Å²) in [6.07, 6.45) is 2.94. The van der Waals surface area contributed by atoms with Gasteiger partial charge in [0, 0.05) is 23.0 Å². The molecule has 3 N–H and O–H groups in total. The van der Waals surface area contributed by atoms with E-state index in [1.807, 2.05) is 4.68 Å². The maximum absolute atomic E-state index is 14.0. The summed E-state index contributed by atoms with van der Waals surface area (Å²) < 4.78 is 16.5. The van der Waals surface area contributed by atoms with Gasteiger partial charge in [-0.25, -0.2) is 9.37 Å². The van der Waals surface area contributed by atoms with Gasteiger partial charge in [-0.3, -0.25) is 16.0 Å². The van der Waals surface area contributed by atoms with Crippen LogP contribution >= 0.6 is 15.9 Å². The molecule has 0 spiro atoms. The lowest BCUT2D eigenvalue weighted by Crippen LogP contribution is -2.31. The Morgan fingerprint density at radius 1 is 1.50 bits per heavy atom. The second kappa shape index (κ2) is 6.92. The zero-order valence-corrected chi connectivity index (χ0v) is 12.8. The summed E-state index contributed by atoms with van der Waals surface area (Å²) in [5.41, 5.74) is 3.16. The van der Waals surface area contributed by atoms with E-state index in [1.165, 1.54) is 12.4 Å². The van der Waals surface area contributed by atoms with E-state index in [0.29, 0.717) is 16.5 Å². The average molecular weight is 342 g/mol. The third-order valence-electron chi connectivity index (χ3n) is 3.07. The summed E-state index contributed by atoms with van der Waals surface area (Å²) in [6, 6.07) is 4.49. The Hall–Kier alpha value is -1.31. The molecule has 0 bridgehead atoms. The molecule has 0 aliphatic rings. The maximum Gasteiger partial charge on any atom is 0.138 e. The molecule has 0 fully saturated rings. The summed E-state index contributed by atoms with van der Waals surface area (Å²) in [5.74, 6) is 6.07. The van der Waals surface area contributed by atoms with Crippen molar-refractivity contribution in [2.24, 2.45) is 5.84 Å². The lowest BCUT2D eigenvalue weighted by Gasteiger charge is -2.18. The van der Waals surface area contributed by atoms with E-state index in [9.17, 15) is 4.39 Å². The molecular formula is C13H17BrFN5. The van der Waals surface area contributed by atoms with Gasteiger partial charge in [0.1, 0.15) is 18.0 Å². The Bertz CT molecular complexity index is 551. The van der Waals surface area contributed by atoms with Crippen LogP contribution in [0, 0.1) is 5.82 Å². The van der Waals surface area contributed by atoms with Gasteiger partial charge in [0.25, 0.3) is 0 Å². The molecule has 2 aromatic rings. The van der Waals surface area contributed by atoms with E-state index in [0.717, 1.165) is 18.8 Å². The highest BCUT2D eigenvalue weighted by molar-refractivity contribution is 9.10. The molecule has 0 radical (unpaired) electrons. The van der Waals surface area contributed by atoms with Crippen molar-refractivity contribution in [3.63, 3.8) is 0 Å². The van der Waals surface area contributed by atoms with Gasteiger partial charge in [0.2, 0.25) is 0 Å². The summed E-state index contributed by atoms with van der Waals surface area (Å²) in [5, 5.41) is 4.16. The van der Waals surface area contributed by atoms with Gasteiger partial charge in [-0.15, -0.1) is 0 Å². The van der Waals surface area contributed by atoms with E-state index in [-0.39, 0.29) is 11.9 Å². The van der Waals surface area contributed by atoms with Gasteiger partial charge < -0.3 is 0 Å². The molecule has 1 aromatic carbocycles. The Morgan fingerprint density at radius 2 is 2.30 bits per heavy atom. The zero-order valence-electron chi connectivity index (χ0n) is 11.2. The number of rotatable bonds is 6. The van der Waals surface area contributed by atoms with Gasteiger partial charge in [-0.1, -0.05) is 28.9 Å². The number of aryl methyl sites for hydroxylation is 1. The summed E-state index contributed by atoms with van der Waals surface area (Å²) in [7, 11) is 0. The molecule has 20 heavy (non-hydrogen) atoms. The second-order valence-electron chi connectivity index (χ2n) is 4.46. The van der Waals surface area contributed by atoms with Crippen LogP contribution in [-0.4, -0.2) is 14.8 Å². The fourth-order valence-corrected chi connectivity index (χ4v) is 2.73. The van der Waals surface area contributed by atoms with Gasteiger partial charge >= 0.3 is 0 Å². The molecule has 0 amide bonds. The predicted octanol–water partition coefficient (Wildman–Crippen LogP) is 2.34. The van der Waals surface area contributed by atoms with Crippen LogP contribution < -0.4 is 11.3 Å². The fourth-order valence-electron chi connectivity index (χ4n) is 2.12. The first-order chi connectivity index (χ1) is 9.67. The van der Waals surface area contributed by atoms with Crippen molar-refractivity contribution in [2.75, 3.05) is 0 Å². The summed E-state index contributed by atoms with van der Waals surface area (Å²) >= 11 is 3.36. The van der Waals surface area contributed by atoms with Gasteiger partial charge in [-0.05, 0) is 18.6 Å². The smallest absolute Gasteiger partial charge is 0.138 e. The van der Waals surface area contributed by atoms with Crippen LogP contribution in [-0.2, 0) is 13.0 Å². The Balaban J connectivity index is 2.27. The van der Waals surface area contributed by atoms with E-state index in [2.05, 4.69) is 38.4 Å². The van der Waals surface area contributed by atoms with Crippen molar-refractivity contribution in [1.82, 2.24) is 20.2 Å². The largest absolute Gasteiger partial charge is 0.271 e. The van der Waals surface area contributed by atoms with Gasteiger partial charge in [0.05, 0.1) is 6.04 Å². The van der Waals surface area contributed by atoms with E-state index in [4.69, 9.17) is 5.84 Å². The van der Waals surface area contributed by atoms with E-state index in [1.54, 1.807) is 12.1 Å². The van der Waals surface area contributed by atoms with Crippen molar-refractivity contribution in [1.29, 1.82) is 0 Å². The highest BCUT2D eigenvalue weighted by atomic mass is 79.9. The predicted molar refractivity (Wildman–Crippen MR) is 78.2 cm³/mol. The molecule has 108 valence electrons. The first kappa shape index (κ1) is 15.1. The second-order valence-corrected chi connectivity index (χ2v) is 5.31. The van der Waals surface area contributed by atoms with Crippen molar-refractivity contribution in [3.8, 4) is 0 Å². The van der Waals surface area contributed by atoms with Crippen molar-refractivity contribution in [2.45, 2.75) is 32.4 Å². The van der Waals surface area contributed by atoms with Crippen LogP contribution in [0.4, 0.5) is 4.39 Å². The number of benzene rings is 1. The number of nitrogens with two attached hydrogens (primary N) is 1. The number of nitrogens with zero attached hydrogens (tertiary/aromatic N) is 3. The number of hydrogen-bond acceptors (Lipinski definition) is 4. The number of hydrogen-bond donors (Lipinski definition) is 2. The van der Waals surface area contributed by atoms with Crippen molar-refractivity contribution >= 4 is 15.9 Å². The molecule has 5 nitrogen and oxygen atoms in total. The highest BCUT2D eigenvalue weighted by Crippen LogP contribution is 2.27. The molecule has 1 atom stereocenters. The molecule has 2 rings (SSSR count). The van der Waals surface area contributed by atoms with Crippen LogP contribution in [0.25, 0.3) is 0 Å². The number of halogens is 2. The van der Waals surface area contributed by atoms with Crippen molar-refractivity contribution in [3.05, 3.63) is 46.2 Å². The molecule has 1 aromatic heterocycles. The van der Waals surface area contributed by atoms with Crippen molar-refractivity contribution < 1.29 is 4.39 Å². The molecule has 1 unspecified atom stereocenters. The molecule has 0 saturated heterocycles. The average Bonchev–Trinajstić information content (AvgIpc) is 2.85. The topological polar surface area (TPSA) is 68.8 Å². The first-order valence-electron chi connectivity index (χ1n) is 6.44. The fraction of sp³-hybridized carbons (Fsp3) is 0.385. The maximum atomic E-state index is 14.0. The molecule has 7 heteroatoms. The van der Waals surface area contributed by atoms with E-state index < -0.39 is 0 Å². The summed E-state index contributed by atoms with van der Waals surface area (Å²) in [4.78, 5) is 4.23. The lowest BCUT2D eigenvalue weighted by molar-refractivity contribution is 0.477. The normalized spacial score (nSPS) is 12.6. The number of hydrazine groups is 1. The number of nitrogens with one attached hydrogen (secondary N) is 1.